The molecule has 3 aromatic rings. The maximum Gasteiger partial charge on any atom is 0.243 e. The molecule has 0 atom stereocenters. The molecule has 6 heteroatoms. The summed E-state index contributed by atoms with van der Waals surface area (Å²) >= 11 is 0. The molecule has 5 nitrogen and oxygen atoms in total. The molecule has 3 aromatic carbocycles. The second-order valence-electron chi connectivity index (χ2n) is 9.22. The number of benzene rings is 3. The van der Waals surface area contributed by atoms with E-state index in [1.807, 2.05) is 71.6 Å². The third-order valence-corrected chi connectivity index (χ3v) is 8.84. The third kappa shape index (κ3) is 4.65. The minimum atomic E-state index is -3.71. The SMILES string of the molecule is O=C(C1CCC1)N1CCc2cc(S(=O)(=O)N(CCc3ccccc3)Cc3ccccc3)ccc21. The number of anilines is 1. The lowest BCUT2D eigenvalue weighted by Crippen LogP contribution is -2.37. The lowest BCUT2D eigenvalue weighted by atomic mass is 9.84. The van der Waals surface area contributed by atoms with Crippen LogP contribution in [0.25, 0.3) is 0 Å². The summed E-state index contributed by atoms with van der Waals surface area (Å²) in [7, 11) is -3.71. The Morgan fingerprint density at radius 1 is 0.912 bits per heavy atom. The third-order valence-electron chi connectivity index (χ3n) is 7.00. The molecule has 0 saturated heterocycles. The van der Waals surface area contributed by atoms with Crippen LogP contribution >= 0.6 is 0 Å². The normalized spacial score (nSPS) is 15.9. The van der Waals surface area contributed by atoms with Crippen molar-refractivity contribution < 1.29 is 13.2 Å². The highest BCUT2D eigenvalue weighted by atomic mass is 32.2. The predicted octanol–water partition coefficient (Wildman–Crippen LogP) is 4.81. The van der Waals surface area contributed by atoms with Crippen molar-refractivity contribution >= 4 is 21.6 Å². The maximum atomic E-state index is 13.8. The van der Waals surface area contributed by atoms with Crippen LogP contribution in [0.2, 0.25) is 0 Å². The van der Waals surface area contributed by atoms with Gasteiger partial charge in [0.25, 0.3) is 0 Å². The fraction of sp³-hybridized carbons (Fsp3) is 0.321. The summed E-state index contributed by atoms with van der Waals surface area (Å²) in [6.45, 7) is 1.35. The first-order valence-electron chi connectivity index (χ1n) is 12.0. The molecule has 2 aliphatic rings. The van der Waals surface area contributed by atoms with Crippen LogP contribution in [0, 0.1) is 5.92 Å². The number of fused-ring (bicyclic) bond motifs is 1. The maximum absolute atomic E-state index is 13.8. The van der Waals surface area contributed by atoms with Crippen LogP contribution < -0.4 is 4.90 Å². The van der Waals surface area contributed by atoms with Crippen molar-refractivity contribution in [1.29, 1.82) is 0 Å². The summed E-state index contributed by atoms with van der Waals surface area (Å²) in [6, 6.07) is 24.9. The number of carbonyl (C=O) groups excluding carboxylic acids is 1. The van der Waals surface area contributed by atoms with E-state index in [0.29, 0.717) is 37.4 Å². The Hall–Kier alpha value is -2.96. The Balaban J connectivity index is 1.40. The lowest BCUT2D eigenvalue weighted by Gasteiger charge is -2.29. The van der Waals surface area contributed by atoms with E-state index in [1.165, 1.54) is 0 Å². The van der Waals surface area contributed by atoms with E-state index in [-0.39, 0.29) is 11.8 Å². The van der Waals surface area contributed by atoms with E-state index in [2.05, 4.69) is 0 Å². The molecule has 0 unspecified atom stereocenters. The van der Waals surface area contributed by atoms with Crippen LogP contribution in [0.1, 0.15) is 36.0 Å². The minimum absolute atomic E-state index is 0.133. The zero-order valence-corrected chi connectivity index (χ0v) is 20.1. The van der Waals surface area contributed by atoms with E-state index in [4.69, 9.17) is 0 Å². The Labute approximate surface area is 202 Å². The van der Waals surface area contributed by atoms with Gasteiger partial charge >= 0.3 is 0 Å². The van der Waals surface area contributed by atoms with Crippen LogP contribution in [0.5, 0.6) is 0 Å². The van der Waals surface area contributed by atoms with Gasteiger partial charge in [0.15, 0.2) is 0 Å². The van der Waals surface area contributed by atoms with Crippen LogP contribution in [0.4, 0.5) is 5.69 Å². The van der Waals surface area contributed by atoms with Gasteiger partial charge in [-0.1, -0.05) is 67.1 Å². The average molecular weight is 475 g/mol. The Morgan fingerprint density at radius 3 is 2.24 bits per heavy atom. The molecule has 1 aliphatic carbocycles. The van der Waals surface area contributed by atoms with E-state index < -0.39 is 10.0 Å². The van der Waals surface area contributed by atoms with Gasteiger partial charge in [-0.25, -0.2) is 8.42 Å². The number of nitrogens with zero attached hydrogens (tertiary/aromatic N) is 2. The molecule has 1 aliphatic heterocycles. The smallest absolute Gasteiger partial charge is 0.243 e. The average Bonchev–Trinajstić information content (AvgIpc) is 3.25. The van der Waals surface area contributed by atoms with Crippen LogP contribution in [0.3, 0.4) is 0 Å². The summed E-state index contributed by atoms with van der Waals surface area (Å²) in [5.41, 5.74) is 3.87. The number of hydrogen-bond acceptors (Lipinski definition) is 3. The number of carbonyl (C=O) groups is 1. The van der Waals surface area contributed by atoms with Gasteiger partial charge in [0.05, 0.1) is 4.90 Å². The van der Waals surface area contributed by atoms with Crippen molar-refractivity contribution in [3.05, 3.63) is 95.6 Å². The topological polar surface area (TPSA) is 57.7 Å². The molecule has 34 heavy (non-hydrogen) atoms. The predicted molar refractivity (Wildman–Crippen MR) is 134 cm³/mol. The molecular formula is C28H30N2O3S. The summed E-state index contributed by atoms with van der Waals surface area (Å²) in [5.74, 6) is 0.322. The van der Waals surface area contributed by atoms with E-state index >= 15 is 0 Å². The van der Waals surface area contributed by atoms with Gasteiger partial charge in [-0.2, -0.15) is 4.31 Å². The van der Waals surface area contributed by atoms with Crippen LogP contribution in [-0.4, -0.2) is 31.7 Å². The van der Waals surface area contributed by atoms with Crippen molar-refractivity contribution in [3.63, 3.8) is 0 Å². The fourth-order valence-corrected chi connectivity index (χ4v) is 6.24. The molecule has 0 aromatic heterocycles. The monoisotopic (exact) mass is 474 g/mol. The zero-order chi connectivity index (χ0) is 23.5. The highest BCUT2D eigenvalue weighted by Gasteiger charge is 2.34. The van der Waals surface area contributed by atoms with E-state index in [9.17, 15) is 13.2 Å². The molecule has 1 heterocycles. The van der Waals surface area contributed by atoms with Crippen LogP contribution in [0.15, 0.2) is 83.8 Å². The first kappa shape index (κ1) is 22.8. The molecule has 176 valence electrons. The van der Waals surface area contributed by atoms with Crippen molar-refractivity contribution in [1.82, 2.24) is 4.31 Å². The minimum Gasteiger partial charge on any atom is -0.312 e. The number of sulfonamides is 1. The van der Waals surface area contributed by atoms with Gasteiger partial charge in [0.2, 0.25) is 15.9 Å². The molecule has 1 saturated carbocycles. The van der Waals surface area contributed by atoms with Crippen molar-refractivity contribution in [2.24, 2.45) is 5.92 Å². The standard InChI is InChI=1S/C28H30N2O3S/c31-28(24-12-7-13-24)30-19-17-25-20-26(14-15-27(25)30)34(32,33)29(21-23-10-5-2-6-11-23)18-16-22-8-3-1-4-9-22/h1-6,8-11,14-15,20,24H,7,12-13,16-19,21H2. The van der Waals surface area contributed by atoms with Crippen molar-refractivity contribution in [2.45, 2.75) is 43.5 Å². The van der Waals surface area contributed by atoms with Gasteiger partial charge < -0.3 is 4.90 Å². The lowest BCUT2D eigenvalue weighted by molar-refractivity contribution is -0.124. The van der Waals surface area contributed by atoms with E-state index in [0.717, 1.165) is 41.6 Å². The molecule has 0 bridgehead atoms. The molecule has 0 spiro atoms. The highest BCUT2D eigenvalue weighted by Crippen LogP contribution is 2.36. The highest BCUT2D eigenvalue weighted by molar-refractivity contribution is 7.89. The summed E-state index contributed by atoms with van der Waals surface area (Å²) in [5, 5.41) is 0. The largest absolute Gasteiger partial charge is 0.312 e. The Morgan fingerprint density at radius 2 is 1.59 bits per heavy atom. The van der Waals surface area contributed by atoms with Gasteiger partial charge in [-0.3, -0.25) is 4.79 Å². The van der Waals surface area contributed by atoms with Crippen LogP contribution in [-0.2, 0) is 34.2 Å². The molecule has 0 radical (unpaired) electrons. The van der Waals surface area contributed by atoms with Crippen molar-refractivity contribution in [3.8, 4) is 0 Å². The number of hydrogen-bond donors (Lipinski definition) is 0. The summed E-state index contributed by atoms with van der Waals surface area (Å²) in [4.78, 5) is 15.0. The van der Waals surface area contributed by atoms with Gasteiger partial charge in [0.1, 0.15) is 0 Å². The van der Waals surface area contributed by atoms with Crippen molar-refractivity contribution in [2.75, 3.05) is 18.0 Å². The molecule has 1 fully saturated rings. The Bertz CT molecular complexity index is 1260. The van der Waals surface area contributed by atoms with Gasteiger partial charge in [-0.15, -0.1) is 0 Å². The second-order valence-corrected chi connectivity index (χ2v) is 11.2. The summed E-state index contributed by atoms with van der Waals surface area (Å²) in [6.07, 6.45) is 4.38. The van der Waals surface area contributed by atoms with E-state index in [1.54, 1.807) is 16.4 Å². The fourth-order valence-electron chi connectivity index (χ4n) is 4.76. The molecular weight excluding hydrogens is 444 g/mol. The van der Waals surface area contributed by atoms with Gasteiger partial charge in [0, 0.05) is 31.2 Å². The molecule has 1 amide bonds. The number of rotatable bonds is 8. The molecule has 5 rings (SSSR count). The Kier molecular flexibility index (Phi) is 6.53. The first-order chi connectivity index (χ1) is 16.5. The quantitative estimate of drug-likeness (QED) is 0.471. The zero-order valence-electron chi connectivity index (χ0n) is 19.3. The first-order valence-corrected chi connectivity index (χ1v) is 13.5. The molecule has 0 N–H and O–H groups in total. The van der Waals surface area contributed by atoms with Gasteiger partial charge in [-0.05, 0) is 60.6 Å². The summed E-state index contributed by atoms with van der Waals surface area (Å²) < 4.78 is 29.1. The second kappa shape index (κ2) is 9.72. The number of amides is 1.